The third kappa shape index (κ3) is 3.66. The number of carbonyl (C=O) groups is 1. The number of aromatic nitrogens is 2. The van der Waals surface area contributed by atoms with E-state index >= 15 is 0 Å². The normalized spacial score (nSPS) is 23.9. The summed E-state index contributed by atoms with van der Waals surface area (Å²) in [5, 5.41) is 4.51. The summed E-state index contributed by atoms with van der Waals surface area (Å²) in [6.07, 6.45) is 5.78. The fourth-order valence-electron chi connectivity index (χ4n) is 6.77. The number of ether oxygens (including phenoxy) is 1. The van der Waals surface area contributed by atoms with Crippen molar-refractivity contribution in [3.05, 3.63) is 47.8 Å². The fourth-order valence-corrected chi connectivity index (χ4v) is 8.65. The van der Waals surface area contributed by atoms with Crippen molar-refractivity contribution in [2.75, 3.05) is 48.4 Å². The Balaban J connectivity index is 1.29. The van der Waals surface area contributed by atoms with Crippen LogP contribution in [0.15, 0.2) is 36.7 Å². The molecule has 1 atom stereocenters. The van der Waals surface area contributed by atoms with E-state index in [0.717, 1.165) is 77.3 Å². The van der Waals surface area contributed by atoms with Crippen molar-refractivity contribution < 1.29 is 30.7 Å². The fraction of sp³-hybridized carbons (Fsp3) is 0.483. The summed E-state index contributed by atoms with van der Waals surface area (Å²) in [4.78, 5) is 27.6. The molecule has 194 valence electrons. The van der Waals surface area contributed by atoms with Gasteiger partial charge in [-0.05, 0) is 45.8 Å². The molecule has 8 heteroatoms. The van der Waals surface area contributed by atoms with Crippen LogP contribution in [0.1, 0.15) is 40.7 Å². The van der Waals surface area contributed by atoms with Gasteiger partial charge in [-0.15, -0.1) is 0 Å². The van der Waals surface area contributed by atoms with Crippen molar-refractivity contribution >= 4 is 34.0 Å². The molecule has 1 aromatic heterocycles. The number of hydrogen-bond acceptors (Lipinski definition) is 6. The molecular formula is C29H33IN5O2-. The molecule has 4 fully saturated rings. The van der Waals surface area contributed by atoms with Gasteiger partial charge in [-0.25, -0.2) is 0 Å². The van der Waals surface area contributed by atoms with Crippen molar-refractivity contribution in [1.82, 2.24) is 14.9 Å². The summed E-state index contributed by atoms with van der Waals surface area (Å²) in [6, 6.07) is 10.6. The molecule has 7 rings (SSSR count). The predicted molar refractivity (Wildman–Crippen MR) is 141 cm³/mol. The number of nitrogens with one attached hydrogen (secondary N) is 1. The minimum absolute atomic E-state index is 0.0633. The SMILES string of the molecule is COc1cc2ncnc(Nc3cccc(C4C[I-]4)c3C)c2cc1N1CC2(CCN(C)CC2)C2(CC2)C1=O. The molecule has 37 heavy (non-hydrogen) atoms. The van der Waals surface area contributed by atoms with Crippen LogP contribution in [-0.2, 0) is 4.79 Å². The van der Waals surface area contributed by atoms with Crippen LogP contribution >= 0.6 is 0 Å². The van der Waals surface area contributed by atoms with Gasteiger partial charge in [0.25, 0.3) is 0 Å². The number of likely N-dealkylation sites (tertiary alicyclic amines) is 1. The van der Waals surface area contributed by atoms with Gasteiger partial charge < -0.3 is 4.90 Å². The summed E-state index contributed by atoms with van der Waals surface area (Å²) in [5.74, 6) is 1.74. The Morgan fingerprint density at radius 3 is 2.62 bits per heavy atom. The molecule has 3 saturated heterocycles. The Labute approximate surface area is 228 Å². The summed E-state index contributed by atoms with van der Waals surface area (Å²) >= 11 is 0.335. The first-order valence-corrected chi connectivity index (χ1v) is 16.0. The molecule has 1 aliphatic carbocycles. The first kappa shape index (κ1) is 23.6. The second-order valence-electron chi connectivity index (χ2n) is 11.2. The number of alkyl halides is 2. The summed E-state index contributed by atoms with van der Waals surface area (Å²) in [6.45, 7) is 5.09. The Hall–Kier alpha value is -2.46. The van der Waals surface area contributed by atoms with Crippen molar-refractivity contribution in [3.8, 4) is 5.75 Å². The van der Waals surface area contributed by atoms with E-state index in [1.807, 2.05) is 11.0 Å². The zero-order chi connectivity index (χ0) is 25.4. The molecular weight excluding hydrogens is 577 g/mol. The Bertz CT molecular complexity index is 1410. The average Bonchev–Trinajstić information content (AvgIpc) is 3.83. The van der Waals surface area contributed by atoms with E-state index < -0.39 is 0 Å². The number of hydrogen-bond donors (Lipinski definition) is 1. The van der Waals surface area contributed by atoms with Gasteiger partial charge in [0.2, 0.25) is 0 Å². The van der Waals surface area contributed by atoms with Crippen LogP contribution in [0.4, 0.5) is 17.2 Å². The van der Waals surface area contributed by atoms with Gasteiger partial charge in [0, 0.05) is 0 Å². The second kappa shape index (κ2) is 8.53. The number of nitrogens with zero attached hydrogens (tertiary/aromatic N) is 4. The van der Waals surface area contributed by atoms with Gasteiger partial charge >= 0.3 is 178 Å². The Kier molecular flexibility index (Phi) is 5.45. The zero-order valence-electron chi connectivity index (χ0n) is 21.7. The number of carbonyl (C=O) groups excluding carboxylic acids is 1. The zero-order valence-corrected chi connectivity index (χ0v) is 23.8. The second-order valence-corrected chi connectivity index (χ2v) is 14.5. The maximum absolute atomic E-state index is 14.0. The molecule has 1 N–H and O–H groups in total. The molecule has 2 spiro atoms. The molecule has 4 heterocycles. The molecule has 0 bridgehead atoms. The van der Waals surface area contributed by atoms with Gasteiger partial charge in [0.15, 0.2) is 0 Å². The van der Waals surface area contributed by atoms with Crippen LogP contribution in [0.25, 0.3) is 10.9 Å². The van der Waals surface area contributed by atoms with Crippen molar-refractivity contribution in [2.24, 2.45) is 10.8 Å². The molecule has 2 aromatic carbocycles. The van der Waals surface area contributed by atoms with Crippen LogP contribution in [0, 0.1) is 17.8 Å². The number of anilines is 3. The standard InChI is InChI=1S/C29H33IN5O2/c1-18-19(21-15-30-21)5-4-6-22(18)33-26-20-13-24(25(37-3)14-23(20)31-17-32-26)35-16-28(9-11-34(2)12-10-28)29(7-8-29)27(35)36/h4-6,13-14,17,21H,7-12,15-16H2,1-3H3,(H,31,32,33)/q-1. The quantitative estimate of drug-likeness (QED) is 0.351. The van der Waals surface area contributed by atoms with Gasteiger partial charge in [-0.3, -0.25) is 0 Å². The number of fused-ring (bicyclic) bond motifs is 2. The number of benzene rings is 2. The molecule has 3 aromatic rings. The Morgan fingerprint density at radius 2 is 1.92 bits per heavy atom. The van der Waals surface area contributed by atoms with E-state index in [1.165, 1.54) is 15.6 Å². The van der Waals surface area contributed by atoms with E-state index in [0.29, 0.717) is 27.0 Å². The van der Waals surface area contributed by atoms with Crippen LogP contribution in [0.2, 0.25) is 0 Å². The van der Waals surface area contributed by atoms with Gasteiger partial charge in [-0.1, -0.05) is 0 Å². The summed E-state index contributed by atoms with van der Waals surface area (Å²) in [5.41, 5.74) is 5.39. The number of piperidine rings is 1. The third-order valence-electron chi connectivity index (χ3n) is 9.33. The first-order chi connectivity index (χ1) is 17.9. The average molecular weight is 611 g/mol. The first-order valence-electron chi connectivity index (χ1n) is 13.2. The van der Waals surface area contributed by atoms with Crippen LogP contribution in [-0.4, -0.2) is 59.0 Å². The number of halogens is 1. The van der Waals surface area contributed by atoms with Crippen molar-refractivity contribution in [1.29, 1.82) is 0 Å². The van der Waals surface area contributed by atoms with E-state index in [-0.39, 0.29) is 16.7 Å². The Morgan fingerprint density at radius 1 is 1.14 bits per heavy atom. The van der Waals surface area contributed by atoms with Crippen LogP contribution in [0.5, 0.6) is 5.75 Å². The van der Waals surface area contributed by atoms with Gasteiger partial charge in [-0.2, -0.15) is 0 Å². The number of rotatable bonds is 5. The van der Waals surface area contributed by atoms with E-state index in [1.54, 1.807) is 13.4 Å². The number of amides is 1. The molecule has 1 unspecified atom stereocenters. The van der Waals surface area contributed by atoms with Gasteiger partial charge in [0.1, 0.15) is 0 Å². The minimum atomic E-state index is -0.189. The van der Waals surface area contributed by atoms with E-state index in [9.17, 15) is 4.79 Å². The van der Waals surface area contributed by atoms with Gasteiger partial charge in [0.05, 0.1) is 0 Å². The molecule has 0 radical (unpaired) electrons. The maximum atomic E-state index is 14.0. The predicted octanol–water partition coefficient (Wildman–Crippen LogP) is 1.67. The molecule has 1 amide bonds. The van der Waals surface area contributed by atoms with E-state index in [2.05, 4.69) is 58.4 Å². The van der Waals surface area contributed by atoms with E-state index in [4.69, 9.17) is 4.74 Å². The van der Waals surface area contributed by atoms with Crippen LogP contribution in [0.3, 0.4) is 0 Å². The molecule has 7 nitrogen and oxygen atoms in total. The molecule has 1 saturated carbocycles. The monoisotopic (exact) mass is 610 g/mol. The summed E-state index contributed by atoms with van der Waals surface area (Å²) < 4.78 is 8.02. The number of methoxy groups -OCH3 is 1. The third-order valence-corrected chi connectivity index (χ3v) is 11.8. The summed E-state index contributed by atoms with van der Waals surface area (Å²) in [7, 11) is 3.87. The topological polar surface area (TPSA) is 70.6 Å². The van der Waals surface area contributed by atoms with Crippen molar-refractivity contribution in [2.45, 2.75) is 36.5 Å². The molecule has 3 aliphatic heterocycles. The van der Waals surface area contributed by atoms with Crippen LogP contribution < -0.4 is 36.2 Å². The van der Waals surface area contributed by atoms with Crippen molar-refractivity contribution in [3.63, 3.8) is 0 Å². The molecule has 4 aliphatic rings.